The lowest BCUT2D eigenvalue weighted by Crippen LogP contribution is -2.39. The zero-order valence-electron chi connectivity index (χ0n) is 11.6. The van der Waals surface area contributed by atoms with Crippen molar-refractivity contribution in [2.75, 3.05) is 13.1 Å². The van der Waals surface area contributed by atoms with E-state index in [1.807, 2.05) is 6.92 Å². The maximum Gasteiger partial charge on any atom is 0.273 e. The van der Waals surface area contributed by atoms with Gasteiger partial charge < -0.3 is 0 Å². The van der Waals surface area contributed by atoms with Crippen LogP contribution in [0.2, 0.25) is 0 Å². The standard InChI is InChI=1S/C13H18N2O4S/c1-10-5-4-8-14(9-10)20(18,19)13-7-3-6-12(11(13)2)15(16)17/h3,6-7,10H,4-5,8-9H2,1-2H3. The summed E-state index contributed by atoms with van der Waals surface area (Å²) in [7, 11) is -3.65. The number of hydrogen-bond acceptors (Lipinski definition) is 4. The summed E-state index contributed by atoms with van der Waals surface area (Å²) in [6.07, 6.45) is 1.84. The van der Waals surface area contributed by atoms with Gasteiger partial charge in [0.1, 0.15) is 0 Å². The monoisotopic (exact) mass is 298 g/mol. The van der Waals surface area contributed by atoms with Crippen LogP contribution in [-0.2, 0) is 10.0 Å². The highest BCUT2D eigenvalue weighted by molar-refractivity contribution is 7.89. The largest absolute Gasteiger partial charge is 0.273 e. The number of sulfonamides is 1. The van der Waals surface area contributed by atoms with E-state index in [9.17, 15) is 18.5 Å². The Kier molecular flexibility index (Phi) is 4.10. The van der Waals surface area contributed by atoms with E-state index >= 15 is 0 Å². The van der Waals surface area contributed by atoms with Crippen molar-refractivity contribution in [3.63, 3.8) is 0 Å². The second-order valence-electron chi connectivity index (χ2n) is 5.27. The zero-order chi connectivity index (χ0) is 14.9. The van der Waals surface area contributed by atoms with Crippen LogP contribution in [0.1, 0.15) is 25.3 Å². The quantitative estimate of drug-likeness (QED) is 0.633. The Morgan fingerprint density at radius 1 is 1.40 bits per heavy atom. The van der Waals surface area contributed by atoms with Gasteiger partial charge in [-0.2, -0.15) is 4.31 Å². The molecule has 20 heavy (non-hydrogen) atoms. The van der Waals surface area contributed by atoms with Gasteiger partial charge in [0.25, 0.3) is 5.69 Å². The van der Waals surface area contributed by atoms with Gasteiger partial charge in [0.05, 0.1) is 9.82 Å². The summed E-state index contributed by atoms with van der Waals surface area (Å²) < 4.78 is 26.7. The topological polar surface area (TPSA) is 80.5 Å². The van der Waals surface area contributed by atoms with Gasteiger partial charge >= 0.3 is 0 Å². The minimum absolute atomic E-state index is 0.0424. The molecule has 110 valence electrons. The Bertz CT molecular complexity index is 627. The number of benzene rings is 1. The maximum atomic E-state index is 12.6. The lowest BCUT2D eigenvalue weighted by Gasteiger charge is -2.30. The molecule has 2 rings (SSSR count). The van der Waals surface area contributed by atoms with Crippen molar-refractivity contribution in [1.82, 2.24) is 4.31 Å². The van der Waals surface area contributed by atoms with Crippen LogP contribution in [0.3, 0.4) is 0 Å². The van der Waals surface area contributed by atoms with E-state index in [-0.39, 0.29) is 16.1 Å². The Morgan fingerprint density at radius 2 is 2.10 bits per heavy atom. The lowest BCUT2D eigenvalue weighted by molar-refractivity contribution is -0.385. The fourth-order valence-electron chi connectivity index (χ4n) is 2.58. The minimum atomic E-state index is -3.65. The summed E-state index contributed by atoms with van der Waals surface area (Å²) >= 11 is 0. The van der Waals surface area contributed by atoms with Crippen molar-refractivity contribution in [1.29, 1.82) is 0 Å². The van der Waals surface area contributed by atoms with Gasteiger partial charge in [-0.1, -0.05) is 13.0 Å². The van der Waals surface area contributed by atoms with Gasteiger partial charge in [-0.05, 0) is 31.7 Å². The summed E-state index contributed by atoms with van der Waals surface area (Å²) in [4.78, 5) is 10.4. The second kappa shape index (κ2) is 5.49. The minimum Gasteiger partial charge on any atom is -0.258 e. The van der Waals surface area contributed by atoms with Crippen molar-refractivity contribution < 1.29 is 13.3 Å². The highest BCUT2D eigenvalue weighted by atomic mass is 32.2. The third-order valence-corrected chi connectivity index (χ3v) is 5.70. The molecule has 1 saturated heterocycles. The first-order valence-electron chi connectivity index (χ1n) is 6.58. The van der Waals surface area contributed by atoms with Gasteiger partial charge in [-0.3, -0.25) is 10.1 Å². The molecule has 1 atom stereocenters. The molecule has 6 nitrogen and oxygen atoms in total. The van der Waals surface area contributed by atoms with Crippen LogP contribution in [0, 0.1) is 23.0 Å². The van der Waals surface area contributed by atoms with Gasteiger partial charge in [0.2, 0.25) is 10.0 Å². The van der Waals surface area contributed by atoms with Crippen LogP contribution >= 0.6 is 0 Å². The highest BCUT2D eigenvalue weighted by Crippen LogP contribution is 2.29. The Labute approximate surface area is 118 Å². The molecule has 7 heteroatoms. The van der Waals surface area contributed by atoms with Crippen LogP contribution in [0.25, 0.3) is 0 Å². The Morgan fingerprint density at radius 3 is 2.70 bits per heavy atom. The van der Waals surface area contributed by atoms with E-state index in [1.165, 1.54) is 29.4 Å². The molecule has 1 aliphatic heterocycles. The normalized spacial score (nSPS) is 20.8. The molecule has 0 spiro atoms. The van der Waals surface area contributed by atoms with Crippen LogP contribution in [0.15, 0.2) is 23.1 Å². The number of piperidine rings is 1. The van der Waals surface area contributed by atoms with Crippen LogP contribution in [-0.4, -0.2) is 30.7 Å². The number of nitro groups is 1. The zero-order valence-corrected chi connectivity index (χ0v) is 12.4. The molecule has 0 N–H and O–H groups in total. The maximum absolute atomic E-state index is 12.6. The van der Waals surface area contributed by atoms with Crippen molar-refractivity contribution in [2.24, 2.45) is 5.92 Å². The van der Waals surface area contributed by atoms with Crippen molar-refractivity contribution >= 4 is 15.7 Å². The molecule has 1 aromatic carbocycles. The summed E-state index contributed by atoms with van der Waals surface area (Å²) in [6, 6.07) is 4.19. The van der Waals surface area contributed by atoms with E-state index in [4.69, 9.17) is 0 Å². The smallest absolute Gasteiger partial charge is 0.258 e. The molecule has 1 unspecified atom stereocenters. The average molecular weight is 298 g/mol. The Hall–Kier alpha value is -1.47. The first-order chi connectivity index (χ1) is 9.34. The van der Waals surface area contributed by atoms with Crippen molar-refractivity contribution in [3.05, 3.63) is 33.9 Å². The van der Waals surface area contributed by atoms with Crippen LogP contribution in [0.5, 0.6) is 0 Å². The summed E-state index contributed by atoms with van der Waals surface area (Å²) in [5.41, 5.74) is 0.0480. The first-order valence-corrected chi connectivity index (χ1v) is 8.02. The van der Waals surface area contributed by atoms with E-state index < -0.39 is 14.9 Å². The molecule has 0 saturated carbocycles. The molecular formula is C13H18N2O4S. The van der Waals surface area contributed by atoms with E-state index in [2.05, 4.69) is 0 Å². The fourth-order valence-corrected chi connectivity index (χ4v) is 4.42. The first kappa shape index (κ1) is 14.9. The van der Waals surface area contributed by atoms with Gasteiger partial charge in [-0.25, -0.2) is 8.42 Å². The Balaban J connectivity index is 2.44. The molecule has 1 aromatic rings. The molecule has 1 heterocycles. The van der Waals surface area contributed by atoms with Crippen LogP contribution < -0.4 is 0 Å². The third-order valence-electron chi connectivity index (χ3n) is 3.69. The molecule has 1 aliphatic rings. The molecule has 0 amide bonds. The van der Waals surface area contributed by atoms with Gasteiger partial charge in [0, 0.05) is 24.7 Å². The molecule has 0 aromatic heterocycles. The number of nitro benzene ring substituents is 1. The van der Waals surface area contributed by atoms with Crippen LogP contribution in [0.4, 0.5) is 5.69 Å². The van der Waals surface area contributed by atoms with Gasteiger partial charge in [-0.15, -0.1) is 0 Å². The second-order valence-corrected chi connectivity index (χ2v) is 7.17. The molecule has 0 radical (unpaired) electrons. The summed E-state index contributed by atoms with van der Waals surface area (Å²) in [5.74, 6) is 0.317. The molecule has 0 bridgehead atoms. The molecule has 0 aliphatic carbocycles. The summed E-state index contributed by atoms with van der Waals surface area (Å²) in [5, 5.41) is 10.9. The van der Waals surface area contributed by atoms with Gasteiger partial charge in [0.15, 0.2) is 0 Å². The van der Waals surface area contributed by atoms with E-state index in [1.54, 1.807) is 0 Å². The predicted molar refractivity (Wildman–Crippen MR) is 75.0 cm³/mol. The van der Waals surface area contributed by atoms with Crippen molar-refractivity contribution in [2.45, 2.75) is 31.6 Å². The molecule has 1 fully saturated rings. The van der Waals surface area contributed by atoms with E-state index in [0.29, 0.717) is 19.0 Å². The summed E-state index contributed by atoms with van der Waals surface area (Å²) in [6.45, 7) is 4.46. The third kappa shape index (κ3) is 2.69. The molecular weight excluding hydrogens is 280 g/mol. The number of rotatable bonds is 3. The lowest BCUT2D eigenvalue weighted by atomic mass is 10.0. The van der Waals surface area contributed by atoms with E-state index in [0.717, 1.165) is 12.8 Å². The average Bonchev–Trinajstić information content (AvgIpc) is 2.38. The predicted octanol–water partition coefficient (Wildman–Crippen LogP) is 2.32. The number of nitrogens with zero attached hydrogens (tertiary/aromatic N) is 2. The number of hydrogen-bond donors (Lipinski definition) is 0. The van der Waals surface area contributed by atoms with Crippen molar-refractivity contribution in [3.8, 4) is 0 Å². The highest BCUT2D eigenvalue weighted by Gasteiger charge is 2.31. The SMILES string of the molecule is Cc1c([N+](=O)[O-])cccc1S(=O)(=O)N1CCCC(C)C1. The fraction of sp³-hybridized carbons (Fsp3) is 0.538.